The smallest absolute Gasteiger partial charge is 0.273 e. The molecule has 1 heterocycles. The van der Waals surface area contributed by atoms with Crippen molar-refractivity contribution in [3.8, 4) is 5.75 Å². The maximum absolute atomic E-state index is 10.8. The van der Waals surface area contributed by atoms with Crippen molar-refractivity contribution in [3.05, 3.63) is 27.8 Å². The van der Waals surface area contributed by atoms with Crippen molar-refractivity contribution in [2.75, 3.05) is 38.3 Å². The number of nitro benzene ring substituents is 1. The maximum Gasteiger partial charge on any atom is 0.273 e. The number of benzene rings is 1. The summed E-state index contributed by atoms with van der Waals surface area (Å²) in [5, 5.41) is 10.8. The van der Waals surface area contributed by atoms with E-state index in [1.165, 1.54) is 13.2 Å². The zero-order valence-electron chi connectivity index (χ0n) is 10.5. The average Bonchev–Trinajstić information content (AvgIpc) is 2.38. The van der Waals surface area contributed by atoms with Crippen LogP contribution < -0.4 is 9.64 Å². The highest BCUT2D eigenvalue weighted by molar-refractivity contribution is 5.67. The standard InChI is InChI=1S/C12H16N2O4/c1-9-7-10(14(15)16)8-11(17-2)12(9)13-3-5-18-6-4-13/h7-8H,3-6H2,1-2H3. The van der Waals surface area contributed by atoms with Gasteiger partial charge in [-0.2, -0.15) is 0 Å². The summed E-state index contributed by atoms with van der Waals surface area (Å²) in [6.07, 6.45) is 0. The summed E-state index contributed by atoms with van der Waals surface area (Å²) < 4.78 is 10.6. The second-order valence-corrected chi connectivity index (χ2v) is 4.17. The molecule has 0 bridgehead atoms. The van der Waals surface area contributed by atoms with Crippen LogP contribution in [0, 0.1) is 17.0 Å². The van der Waals surface area contributed by atoms with Crippen LogP contribution in [0.25, 0.3) is 0 Å². The molecule has 98 valence electrons. The van der Waals surface area contributed by atoms with Crippen molar-refractivity contribution >= 4 is 11.4 Å². The van der Waals surface area contributed by atoms with Crippen molar-refractivity contribution in [3.63, 3.8) is 0 Å². The highest BCUT2D eigenvalue weighted by Crippen LogP contribution is 2.36. The van der Waals surface area contributed by atoms with Crippen molar-refractivity contribution in [1.82, 2.24) is 0 Å². The molecule has 1 fully saturated rings. The number of nitrogens with zero attached hydrogens (tertiary/aromatic N) is 2. The summed E-state index contributed by atoms with van der Waals surface area (Å²) in [5.41, 5.74) is 1.83. The number of nitro groups is 1. The zero-order chi connectivity index (χ0) is 13.1. The van der Waals surface area contributed by atoms with E-state index >= 15 is 0 Å². The molecule has 18 heavy (non-hydrogen) atoms. The molecule has 1 aromatic rings. The first-order valence-electron chi connectivity index (χ1n) is 5.79. The quantitative estimate of drug-likeness (QED) is 0.605. The molecule has 1 aromatic carbocycles. The normalized spacial score (nSPS) is 15.6. The Morgan fingerprint density at radius 2 is 2.06 bits per heavy atom. The van der Waals surface area contributed by atoms with Crippen LogP contribution in [0.15, 0.2) is 12.1 Å². The van der Waals surface area contributed by atoms with E-state index in [4.69, 9.17) is 9.47 Å². The second kappa shape index (κ2) is 5.22. The van der Waals surface area contributed by atoms with E-state index in [-0.39, 0.29) is 5.69 Å². The third-order valence-corrected chi connectivity index (χ3v) is 3.01. The lowest BCUT2D eigenvalue weighted by Crippen LogP contribution is -2.36. The Labute approximate surface area is 105 Å². The number of morpholine rings is 1. The Morgan fingerprint density at radius 1 is 1.39 bits per heavy atom. The minimum atomic E-state index is -0.404. The van der Waals surface area contributed by atoms with Gasteiger partial charge < -0.3 is 14.4 Å². The minimum Gasteiger partial charge on any atom is -0.494 e. The topological polar surface area (TPSA) is 64.8 Å². The first kappa shape index (κ1) is 12.6. The lowest BCUT2D eigenvalue weighted by molar-refractivity contribution is -0.385. The molecule has 0 saturated carbocycles. The number of aryl methyl sites for hydroxylation is 1. The summed E-state index contributed by atoms with van der Waals surface area (Å²) in [6, 6.07) is 3.05. The molecule has 0 spiro atoms. The molecule has 6 nitrogen and oxygen atoms in total. The molecular weight excluding hydrogens is 236 g/mol. The third-order valence-electron chi connectivity index (χ3n) is 3.01. The molecule has 1 aliphatic heterocycles. The number of hydrogen-bond donors (Lipinski definition) is 0. The molecule has 0 aliphatic carbocycles. The summed E-state index contributed by atoms with van der Waals surface area (Å²) in [5.74, 6) is 0.545. The van der Waals surface area contributed by atoms with Crippen molar-refractivity contribution in [2.45, 2.75) is 6.92 Å². The molecule has 0 atom stereocenters. The third kappa shape index (κ3) is 2.38. The van der Waals surface area contributed by atoms with Gasteiger partial charge in [0.15, 0.2) is 0 Å². The molecule has 0 amide bonds. The summed E-state index contributed by atoms with van der Waals surface area (Å²) >= 11 is 0. The van der Waals surface area contributed by atoms with Crippen molar-refractivity contribution < 1.29 is 14.4 Å². The van der Waals surface area contributed by atoms with Gasteiger partial charge in [0.1, 0.15) is 5.75 Å². The predicted octanol–water partition coefficient (Wildman–Crippen LogP) is 1.75. The number of anilines is 1. The van der Waals surface area contributed by atoms with Crippen LogP contribution in [0.3, 0.4) is 0 Å². The van der Waals surface area contributed by atoms with Crippen LogP contribution in [0.2, 0.25) is 0 Å². The molecule has 2 rings (SSSR count). The Hall–Kier alpha value is -1.82. The summed E-state index contributed by atoms with van der Waals surface area (Å²) in [6.45, 7) is 4.74. The van der Waals surface area contributed by atoms with Crippen LogP contribution in [-0.2, 0) is 4.74 Å². The molecule has 0 aromatic heterocycles. The number of methoxy groups -OCH3 is 1. The fourth-order valence-electron chi connectivity index (χ4n) is 2.18. The first-order chi connectivity index (χ1) is 8.63. The van der Waals surface area contributed by atoms with Gasteiger partial charge in [-0.05, 0) is 12.5 Å². The largest absolute Gasteiger partial charge is 0.494 e. The summed E-state index contributed by atoms with van der Waals surface area (Å²) in [4.78, 5) is 12.6. The van der Waals surface area contributed by atoms with Gasteiger partial charge in [0.2, 0.25) is 0 Å². The molecule has 0 unspecified atom stereocenters. The Morgan fingerprint density at radius 3 is 2.61 bits per heavy atom. The van der Waals surface area contributed by atoms with E-state index in [0.717, 1.165) is 24.3 Å². The molecule has 1 saturated heterocycles. The molecule has 0 radical (unpaired) electrons. The Kier molecular flexibility index (Phi) is 3.66. The van der Waals surface area contributed by atoms with Gasteiger partial charge in [0.05, 0.1) is 37.0 Å². The maximum atomic E-state index is 10.8. The fourth-order valence-corrected chi connectivity index (χ4v) is 2.18. The van der Waals surface area contributed by atoms with Crippen LogP contribution in [0.1, 0.15) is 5.56 Å². The van der Waals surface area contributed by atoms with Crippen LogP contribution in [0.4, 0.5) is 11.4 Å². The highest BCUT2D eigenvalue weighted by Gasteiger charge is 2.21. The lowest BCUT2D eigenvalue weighted by Gasteiger charge is -2.31. The number of ether oxygens (including phenoxy) is 2. The van der Waals surface area contributed by atoms with Gasteiger partial charge >= 0.3 is 0 Å². The number of non-ortho nitro benzene ring substituents is 1. The van der Waals surface area contributed by atoms with Gasteiger partial charge in [-0.25, -0.2) is 0 Å². The Bertz CT molecular complexity index is 456. The van der Waals surface area contributed by atoms with Gasteiger partial charge in [0.25, 0.3) is 5.69 Å². The van der Waals surface area contributed by atoms with Crippen LogP contribution in [-0.4, -0.2) is 38.3 Å². The van der Waals surface area contributed by atoms with Gasteiger partial charge in [0, 0.05) is 19.2 Å². The summed E-state index contributed by atoms with van der Waals surface area (Å²) in [7, 11) is 1.53. The fraction of sp³-hybridized carbons (Fsp3) is 0.500. The SMILES string of the molecule is COc1cc([N+](=O)[O-])cc(C)c1N1CCOCC1. The van der Waals surface area contributed by atoms with E-state index in [9.17, 15) is 10.1 Å². The molecule has 0 N–H and O–H groups in total. The zero-order valence-corrected chi connectivity index (χ0v) is 10.5. The van der Waals surface area contributed by atoms with E-state index in [1.807, 2.05) is 6.92 Å². The van der Waals surface area contributed by atoms with E-state index < -0.39 is 4.92 Å². The Balaban J connectivity index is 2.42. The van der Waals surface area contributed by atoms with Gasteiger partial charge in [-0.3, -0.25) is 10.1 Å². The van der Waals surface area contributed by atoms with Crippen LogP contribution in [0.5, 0.6) is 5.75 Å². The van der Waals surface area contributed by atoms with Crippen LogP contribution >= 0.6 is 0 Å². The molecular formula is C12H16N2O4. The minimum absolute atomic E-state index is 0.0568. The molecule has 1 aliphatic rings. The lowest BCUT2D eigenvalue weighted by atomic mass is 10.1. The van der Waals surface area contributed by atoms with E-state index in [2.05, 4.69) is 4.90 Å². The molecule has 6 heteroatoms. The predicted molar refractivity (Wildman–Crippen MR) is 67.4 cm³/mol. The second-order valence-electron chi connectivity index (χ2n) is 4.17. The first-order valence-corrected chi connectivity index (χ1v) is 5.79. The number of hydrogen-bond acceptors (Lipinski definition) is 5. The number of rotatable bonds is 3. The monoisotopic (exact) mass is 252 g/mol. The highest BCUT2D eigenvalue weighted by atomic mass is 16.6. The van der Waals surface area contributed by atoms with Crippen molar-refractivity contribution in [1.29, 1.82) is 0 Å². The van der Waals surface area contributed by atoms with E-state index in [0.29, 0.717) is 19.0 Å². The van der Waals surface area contributed by atoms with E-state index in [1.54, 1.807) is 6.07 Å². The average molecular weight is 252 g/mol. The van der Waals surface area contributed by atoms with Gasteiger partial charge in [-0.1, -0.05) is 0 Å². The van der Waals surface area contributed by atoms with Crippen molar-refractivity contribution in [2.24, 2.45) is 0 Å². The van der Waals surface area contributed by atoms with Gasteiger partial charge in [-0.15, -0.1) is 0 Å².